The molecule has 1 heteroatoms. The van der Waals surface area contributed by atoms with Crippen LogP contribution in [0.15, 0.2) is 212 Å². The van der Waals surface area contributed by atoms with Crippen molar-refractivity contribution in [2.45, 2.75) is 0 Å². The van der Waals surface area contributed by atoms with Gasteiger partial charge in [-0.25, -0.2) is 0 Å². The molecule has 0 unspecified atom stereocenters. The van der Waals surface area contributed by atoms with Gasteiger partial charge in [0.25, 0.3) is 0 Å². The van der Waals surface area contributed by atoms with Gasteiger partial charge in [0.05, 0.1) is 11.2 Å². The molecule has 10 aromatic rings. The summed E-state index contributed by atoms with van der Waals surface area (Å²) >= 11 is 0. The topological polar surface area (TPSA) is 4.93 Å². The molecule has 0 N–H and O–H groups in total. The van der Waals surface area contributed by atoms with Crippen LogP contribution >= 0.6 is 0 Å². The first kappa shape index (κ1) is 30.8. The Kier molecular flexibility index (Phi) is 7.55. The second kappa shape index (κ2) is 13.0. The van der Waals surface area contributed by atoms with E-state index in [0.717, 1.165) is 0 Å². The number of hydrogen-bond acceptors (Lipinski definition) is 0. The fourth-order valence-corrected chi connectivity index (χ4v) is 7.99. The highest BCUT2D eigenvalue weighted by atomic mass is 15.0. The van der Waals surface area contributed by atoms with Gasteiger partial charge in [0, 0.05) is 22.5 Å². The first-order valence-electron chi connectivity index (χ1n) is 18.3. The van der Waals surface area contributed by atoms with Gasteiger partial charge in [0.15, 0.2) is 0 Å². The second-order valence-electron chi connectivity index (χ2n) is 13.7. The van der Waals surface area contributed by atoms with Crippen molar-refractivity contribution in [2.75, 3.05) is 0 Å². The standard InChI is InChI=1S/C52H35N/c1-3-12-36(13-4-1)38-22-24-40(25-23-38)43-30-32-52-49(34-43)50(42-28-26-39(27-29-42)37-14-5-2-6-15-37)35-53(52)51-33-31-47(46-19-9-10-20-48(46)51)45-21-11-17-41-16-7-8-18-44(41)45/h1-35H. The average Bonchev–Trinajstić information content (AvgIpc) is 3.62. The van der Waals surface area contributed by atoms with E-state index in [0.29, 0.717) is 0 Å². The molecule has 0 aliphatic rings. The number of fused-ring (bicyclic) bond motifs is 3. The Labute approximate surface area is 309 Å². The minimum atomic E-state index is 1.17. The lowest BCUT2D eigenvalue weighted by atomic mass is 9.93. The van der Waals surface area contributed by atoms with Crippen LogP contribution in [-0.2, 0) is 0 Å². The average molecular weight is 674 g/mol. The van der Waals surface area contributed by atoms with Crippen molar-refractivity contribution in [1.29, 1.82) is 0 Å². The van der Waals surface area contributed by atoms with Crippen molar-refractivity contribution in [3.8, 4) is 61.3 Å². The third kappa shape index (κ3) is 5.51. The molecule has 0 aliphatic carbocycles. The zero-order valence-electron chi connectivity index (χ0n) is 29.2. The first-order valence-corrected chi connectivity index (χ1v) is 18.3. The normalized spacial score (nSPS) is 11.4. The molecule has 1 heterocycles. The highest BCUT2D eigenvalue weighted by Crippen LogP contribution is 2.41. The van der Waals surface area contributed by atoms with Crippen LogP contribution in [0.5, 0.6) is 0 Å². The Balaban J connectivity index is 1.14. The van der Waals surface area contributed by atoms with Crippen LogP contribution in [0.2, 0.25) is 0 Å². The zero-order chi connectivity index (χ0) is 35.1. The van der Waals surface area contributed by atoms with Crippen molar-refractivity contribution in [2.24, 2.45) is 0 Å². The molecule has 0 amide bonds. The fraction of sp³-hybridized carbons (Fsp3) is 0. The number of benzene rings is 9. The predicted molar refractivity (Wildman–Crippen MR) is 225 cm³/mol. The Morgan fingerprint density at radius 2 is 0.755 bits per heavy atom. The summed E-state index contributed by atoms with van der Waals surface area (Å²) in [5, 5.41) is 6.21. The quantitative estimate of drug-likeness (QED) is 0.166. The van der Waals surface area contributed by atoms with Crippen molar-refractivity contribution in [3.63, 3.8) is 0 Å². The van der Waals surface area contributed by atoms with Crippen LogP contribution in [-0.4, -0.2) is 4.57 Å². The van der Waals surface area contributed by atoms with E-state index in [2.05, 4.69) is 217 Å². The van der Waals surface area contributed by atoms with Crippen molar-refractivity contribution in [1.82, 2.24) is 4.57 Å². The van der Waals surface area contributed by atoms with Crippen LogP contribution in [0, 0.1) is 0 Å². The van der Waals surface area contributed by atoms with Crippen molar-refractivity contribution in [3.05, 3.63) is 212 Å². The van der Waals surface area contributed by atoms with Gasteiger partial charge in [0.2, 0.25) is 0 Å². The summed E-state index contributed by atoms with van der Waals surface area (Å²) in [5.41, 5.74) is 14.6. The summed E-state index contributed by atoms with van der Waals surface area (Å²) < 4.78 is 2.40. The van der Waals surface area contributed by atoms with E-state index >= 15 is 0 Å². The predicted octanol–water partition coefficient (Wildman–Crippen LogP) is 14.3. The van der Waals surface area contributed by atoms with Crippen LogP contribution in [0.3, 0.4) is 0 Å². The monoisotopic (exact) mass is 673 g/mol. The minimum Gasteiger partial charge on any atom is -0.315 e. The van der Waals surface area contributed by atoms with Gasteiger partial charge in [-0.15, -0.1) is 0 Å². The van der Waals surface area contributed by atoms with Crippen LogP contribution < -0.4 is 0 Å². The summed E-state index contributed by atoms with van der Waals surface area (Å²) in [5.74, 6) is 0. The lowest BCUT2D eigenvalue weighted by molar-refractivity contribution is 1.14. The number of aromatic nitrogens is 1. The van der Waals surface area contributed by atoms with Crippen molar-refractivity contribution < 1.29 is 0 Å². The molecule has 10 rings (SSSR count). The third-order valence-electron chi connectivity index (χ3n) is 10.7. The van der Waals surface area contributed by atoms with E-state index in [1.165, 1.54) is 93.8 Å². The molecule has 0 radical (unpaired) electrons. The minimum absolute atomic E-state index is 1.17. The Hall–Kier alpha value is -6.96. The lowest BCUT2D eigenvalue weighted by Crippen LogP contribution is -1.95. The largest absolute Gasteiger partial charge is 0.315 e. The highest BCUT2D eigenvalue weighted by Gasteiger charge is 2.17. The first-order chi connectivity index (χ1) is 26.3. The van der Waals surface area contributed by atoms with Crippen LogP contribution in [0.1, 0.15) is 0 Å². The maximum Gasteiger partial charge on any atom is 0.0535 e. The molecule has 248 valence electrons. The molecular formula is C52H35N. The molecular weight excluding hydrogens is 639 g/mol. The van der Waals surface area contributed by atoms with Gasteiger partial charge in [-0.3, -0.25) is 0 Å². The summed E-state index contributed by atoms with van der Waals surface area (Å²) in [6.07, 6.45) is 2.34. The molecule has 0 fully saturated rings. The molecule has 0 aliphatic heterocycles. The summed E-state index contributed by atoms with van der Waals surface area (Å²) in [7, 11) is 0. The van der Waals surface area contributed by atoms with E-state index in [9.17, 15) is 0 Å². The van der Waals surface area contributed by atoms with Crippen LogP contribution in [0.4, 0.5) is 0 Å². The van der Waals surface area contributed by atoms with Gasteiger partial charge in [-0.1, -0.05) is 188 Å². The molecule has 0 bridgehead atoms. The van der Waals surface area contributed by atoms with Crippen molar-refractivity contribution >= 4 is 32.4 Å². The SMILES string of the molecule is c1ccc(-c2ccc(-c3ccc4c(c3)c(-c3ccc(-c5ccccc5)cc3)cn4-c3ccc(-c4cccc5ccccc45)c4ccccc34)cc2)cc1. The Morgan fingerprint density at radius 1 is 0.264 bits per heavy atom. The maximum atomic E-state index is 2.40. The molecule has 9 aromatic carbocycles. The molecule has 0 spiro atoms. The molecule has 53 heavy (non-hydrogen) atoms. The summed E-state index contributed by atoms with van der Waals surface area (Å²) in [6.45, 7) is 0. The number of rotatable bonds is 6. The number of hydrogen-bond donors (Lipinski definition) is 0. The maximum absolute atomic E-state index is 2.40. The van der Waals surface area contributed by atoms with E-state index in [1.807, 2.05) is 0 Å². The molecule has 0 saturated heterocycles. The summed E-state index contributed by atoms with van der Waals surface area (Å²) in [6, 6.07) is 74.8. The Bertz CT molecular complexity index is 2890. The van der Waals surface area contributed by atoms with Gasteiger partial charge in [-0.05, 0) is 84.4 Å². The third-order valence-corrected chi connectivity index (χ3v) is 10.7. The van der Waals surface area contributed by atoms with Gasteiger partial charge in [-0.2, -0.15) is 0 Å². The van der Waals surface area contributed by atoms with Crippen LogP contribution in [0.25, 0.3) is 93.8 Å². The molecule has 1 aromatic heterocycles. The highest BCUT2D eigenvalue weighted by molar-refractivity contribution is 6.09. The lowest BCUT2D eigenvalue weighted by Gasteiger charge is -2.15. The molecule has 0 saturated carbocycles. The van der Waals surface area contributed by atoms with E-state index in [1.54, 1.807) is 0 Å². The zero-order valence-corrected chi connectivity index (χ0v) is 29.2. The van der Waals surface area contributed by atoms with Gasteiger partial charge >= 0.3 is 0 Å². The van der Waals surface area contributed by atoms with Gasteiger partial charge in [0.1, 0.15) is 0 Å². The molecule has 0 atom stereocenters. The van der Waals surface area contributed by atoms with E-state index in [-0.39, 0.29) is 0 Å². The summed E-state index contributed by atoms with van der Waals surface area (Å²) in [4.78, 5) is 0. The molecule has 1 nitrogen and oxygen atoms in total. The van der Waals surface area contributed by atoms with E-state index < -0.39 is 0 Å². The Morgan fingerprint density at radius 3 is 1.43 bits per heavy atom. The van der Waals surface area contributed by atoms with E-state index in [4.69, 9.17) is 0 Å². The fourth-order valence-electron chi connectivity index (χ4n) is 7.99. The smallest absolute Gasteiger partial charge is 0.0535 e. The second-order valence-corrected chi connectivity index (χ2v) is 13.7. The van der Waals surface area contributed by atoms with Gasteiger partial charge < -0.3 is 4.57 Å². The number of nitrogens with zero attached hydrogens (tertiary/aromatic N) is 1.